The van der Waals surface area contributed by atoms with Gasteiger partial charge in [0.05, 0.1) is 13.2 Å². The van der Waals surface area contributed by atoms with Crippen LogP contribution in [0.1, 0.15) is 62.9 Å². The van der Waals surface area contributed by atoms with Crippen LogP contribution in [0.2, 0.25) is 0 Å². The average Bonchev–Trinajstić information content (AvgIpc) is 3.03. The number of hydrogen-bond donors (Lipinski definition) is 0. The van der Waals surface area contributed by atoms with Gasteiger partial charge in [-0.3, -0.25) is 0 Å². The summed E-state index contributed by atoms with van der Waals surface area (Å²) in [6.45, 7) is 2.79. The van der Waals surface area contributed by atoms with Crippen molar-refractivity contribution in [3.8, 4) is 28.0 Å². The van der Waals surface area contributed by atoms with Gasteiger partial charge >= 0.3 is 6.11 Å². The number of benzene rings is 4. The maximum absolute atomic E-state index is 15.1. The minimum atomic E-state index is -4.40. The number of rotatable bonds is 12. The van der Waals surface area contributed by atoms with Crippen LogP contribution in [0.3, 0.4) is 0 Å². The second-order valence-corrected chi connectivity index (χ2v) is 11.5. The summed E-state index contributed by atoms with van der Waals surface area (Å²) in [4.78, 5) is 0. The summed E-state index contributed by atoms with van der Waals surface area (Å²) in [5.74, 6) is -8.88. The summed E-state index contributed by atoms with van der Waals surface area (Å²) in [7, 11) is 0. The summed E-state index contributed by atoms with van der Waals surface area (Å²) in [6.07, 6.45) is 1.01. The summed E-state index contributed by atoms with van der Waals surface area (Å²) in [6, 6.07) is 11.3. The van der Waals surface area contributed by atoms with Gasteiger partial charge in [-0.1, -0.05) is 63.3 Å². The molecule has 0 amide bonds. The van der Waals surface area contributed by atoms with Crippen molar-refractivity contribution < 1.29 is 49.3 Å². The lowest BCUT2D eigenvalue weighted by Gasteiger charge is -2.30. The van der Waals surface area contributed by atoms with E-state index in [1.54, 1.807) is 0 Å². The number of alkyl halides is 2. The van der Waals surface area contributed by atoms with E-state index in [-0.39, 0.29) is 28.2 Å². The predicted octanol–water partition coefficient (Wildman–Crippen LogP) is 11.0. The number of ether oxygens (including phenoxy) is 3. The highest BCUT2D eigenvalue weighted by molar-refractivity contribution is 5.71. The van der Waals surface area contributed by atoms with Crippen molar-refractivity contribution in [3.05, 3.63) is 113 Å². The van der Waals surface area contributed by atoms with Gasteiger partial charge in [0.25, 0.3) is 0 Å². The first-order valence-electron chi connectivity index (χ1n) is 15.3. The van der Waals surface area contributed by atoms with E-state index in [1.165, 1.54) is 30.7 Å². The first-order valence-corrected chi connectivity index (χ1v) is 15.3. The molecule has 250 valence electrons. The van der Waals surface area contributed by atoms with Crippen LogP contribution in [0.15, 0.2) is 66.7 Å². The summed E-state index contributed by atoms with van der Waals surface area (Å²) >= 11 is 0. The molecule has 1 aliphatic rings. The minimum Gasteiger partial charge on any atom is -0.429 e. The topological polar surface area (TPSA) is 27.7 Å². The Balaban J connectivity index is 1.23. The minimum absolute atomic E-state index is 0.0711. The molecule has 0 atom stereocenters. The normalized spacial score (nSPS) is 16.8. The van der Waals surface area contributed by atoms with Gasteiger partial charge in [0.1, 0.15) is 28.8 Å². The smallest absolute Gasteiger partial charge is 0.429 e. The largest absolute Gasteiger partial charge is 0.432 e. The highest BCUT2D eigenvalue weighted by Crippen LogP contribution is 2.38. The molecule has 3 nitrogen and oxygen atoms in total. The lowest BCUT2D eigenvalue weighted by molar-refractivity contribution is -0.206. The van der Waals surface area contributed by atoms with E-state index in [0.717, 1.165) is 62.4 Å². The van der Waals surface area contributed by atoms with Gasteiger partial charge in [-0.05, 0) is 65.6 Å². The molecule has 4 aromatic rings. The van der Waals surface area contributed by atoms with Crippen molar-refractivity contribution in [1.29, 1.82) is 0 Å². The van der Waals surface area contributed by atoms with Crippen LogP contribution in [0.5, 0.6) is 5.75 Å². The number of halogens is 8. The molecule has 0 unspecified atom stereocenters. The van der Waals surface area contributed by atoms with Gasteiger partial charge in [0, 0.05) is 17.0 Å². The molecule has 1 aliphatic heterocycles. The van der Waals surface area contributed by atoms with Crippen molar-refractivity contribution in [2.24, 2.45) is 5.92 Å². The molecule has 1 heterocycles. The van der Waals surface area contributed by atoms with Crippen LogP contribution in [0.25, 0.3) is 22.3 Å². The quantitative estimate of drug-likeness (QED) is 0.0857. The molecular weight excluding hydrogens is 632 g/mol. The van der Waals surface area contributed by atoms with E-state index >= 15 is 8.78 Å². The highest BCUT2D eigenvalue weighted by Gasteiger charge is 2.42. The molecule has 4 aromatic carbocycles. The molecule has 0 radical (unpaired) electrons. The fraction of sp³-hybridized carbons (Fsp3) is 0.333. The van der Waals surface area contributed by atoms with Crippen molar-refractivity contribution in [3.63, 3.8) is 0 Å². The number of unbranched alkanes of at least 4 members (excludes halogenated alkanes) is 4. The lowest BCUT2D eigenvalue weighted by Crippen LogP contribution is -2.28. The van der Waals surface area contributed by atoms with Gasteiger partial charge in [-0.25, -0.2) is 26.3 Å². The molecular formula is C36H32F8O3. The molecule has 1 saturated heterocycles. The maximum atomic E-state index is 15.1. The zero-order chi connectivity index (χ0) is 33.7. The maximum Gasteiger partial charge on any atom is 0.432 e. The Labute approximate surface area is 267 Å². The van der Waals surface area contributed by atoms with Gasteiger partial charge in [0.2, 0.25) is 0 Å². The Morgan fingerprint density at radius 3 is 1.83 bits per heavy atom. The van der Waals surface area contributed by atoms with Gasteiger partial charge in [-0.2, -0.15) is 8.78 Å². The highest BCUT2D eigenvalue weighted by atomic mass is 19.3. The third kappa shape index (κ3) is 8.13. The zero-order valence-corrected chi connectivity index (χ0v) is 25.4. The summed E-state index contributed by atoms with van der Waals surface area (Å²) < 4.78 is 131. The van der Waals surface area contributed by atoms with Crippen LogP contribution >= 0.6 is 0 Å². The molecule has 0 saturated carbocycles. The SMILES string of the molecule is CCCCCCCC1COC(c2cc(F)c(C(F)(F)Oc3ccc(-c4ccc(-c5cc(F)c(F)c(F)c5)c(F)c4)cc3)c(F)c2)OC1. The Kier molecular flexibility index (Phi) is 10.9. The van der Waals surface area contributed by atoms with Crippen LogP contribution in [0, 0.1) is 40.8 Å². The molecule has 1 fully saturated rings. The van der Waals surface area contributed by atoms with E-state index < -0.39 is 58.6 Å². The van der Waals surface area contributed by atoms with E-state index in [1.807, 2.05) is 0 Å². The van der Waals surface area contributed by atoms with E-state index in [4.69, 9.17) is 9.47 Å². The van der Waals surface area contributed by atoms with E-state index in [0.29, 0.717) is 30.9 Å². The van der Waals surface area contributed by atoms with Crippen molar-refractivity contribution in [2.45, 2.75) is 57.8 Å². The summed E-state index contributed by atoms with van der Waals surface area (Å²) in [5.41, 5.74) is -1.46. The fourth-order valence-electron chi connectivity index (χ4n) is 5.50. The first kappa shape index (κ1) is 34.4. The lowest BCUT2D eigenvalue weighted by atomic mass is 9.99. The van der Waals surface area contributed by atoms with Crippen LogP contribution < -0.4 is 4.74 Å². The molecule has 11 heteroatoms. The van der Waals surface area contributed by atoms with Gasteiger partial charge < -0.3 is 14.2 Å². The second-order valence-electron chi connectivity index (χ2n) is 11.5. The number of hydrogen-bond acceptors (Lipinski definition) is 3. The van der Waals surface area contributed by atoms with Crippen LogP contribution in [0.4, 0.5) is 35.1 Å². The molecule has 0 N–H and O–H groups in total. The van der Waals surface area contributed by atoms with Gasteiger partial charge in [0.15, 0.2) is 23.7 Å². The Bertz CT molecular complexity index is 1640. The molecule has 5 rings (SSSR count). The van der Waals surface area contributed by atoms with Crippen molar-refractivity contribution >= 4 is 0 Å². The molecule has 0 aromatic heterocycles. The monoisotopic (exact) mass is 664 g/mol. The van der Waals surface area contributed by atoms with E-state index in [2.05, 4.69) is 11.7 Å². The molecule has 0 spiro atoms. The van der Waals surface area contributed by atoms with Crippen molar-refractivity contribution in [2.75, 3.05) is 13.2 Å². The molecule has 47 heavy (non-hydrogen) atoms. The zero-order valence-electron chi connectivity index (χ0n) is 25.4. The summed E-state index contributed by atoms with van der Waals surface area (Å²) in [5, 5.41) is 0. The standard InChI is InChI=1S/C36H32F8O3/c1-2-3-4-5-6-7-21-19-45-35(46-20-21)25-17-29(38)33(30(39)18-25)36(43,44)47-26-11-8-22(9-12-26)23-10-13-27(28(37)14-23)24-15-31(40)34(42)32(41)16-24/h8-18,21,35H,2-7,19-20H2,1H3. The van der Waals surface area contributed by atoms with Crippen LogP contribution in [-0.4, -0.2) is 13.2 Å². The predicted molar refractivity (Wildman–Crippen MR) is 160 cm³/mol. The third-order valence-corrected chi connectivity index (χ3v) is 8.01. The van der Waals surface area contributed by atoms with Gasteiger partial charge in [-0.15, -0.1) is 0 Å². The molecule has 0 bridgehead atoms. The molecule has 0 aliphatic carbocycles. The average molecular weight is 665 g/mol. The Hall–Kier alpha value is -3.96. The Morgan fingerprint density at radius 2 is 1.23 bits per heavy atom. The van der Waals surface area contributed by atoms with Crippen LogP contribution in [-0.2, 0) is 15.6 Å². The Morgan fingerprint density at radius 1 is 0.660 bits per heavy atom. The fourth-order valence-corrected chi connectivity index (χ4v) is 5.50. The third-order valence-electron chi connectivity index (χ3n) is 8.01. The first-order chi connectivity index (χ1) is 22.5. The van der Waals surface area contributed by atoms with E-state index in [9.17, 15) is 26.3 Å². The second kappa shape index (κ2) is 14.9. The van der Waals surface area contributed by atoms with Crippen molar-refractivity contribution in [1.82, 2.24) is 0 Å².